The summed E-state index contributed by atoms with van der Waals surface area (Å²) in [6, 6.07) is 15.4. The Bertz CT molecular complexity index is 862. The number of carbonyl (C=O) groups is 1. The molecule has 0 aliphatic heterocycles. The summed E-state index contributed by atoms with van der Waals surface area (Å²) in [4.78, 5) is 16.6. The molecule has 0 saturated carbocycles. The van der Waals surface area contributed by atoms with Gasteiger partial charge in [-0.05, 0) is 47.1 Å². The Kier molecular flexibility index (Phi) is 5.83. The van der Waals surface area contributed by atoms with Gasteiger partial charge in [0.2, 0.25) is 5.91 Å². The Hall–Kier alpha value is -2.18. The fourth-order valence-corrected chi connectivity index (χ4v) is 3.37. The van der Waals surface area contributed by atoms with Crippen molar-refractivity contribution in [2.24, 2.45) is 0 Å². The number of anilines is 1. The number of halogens is 1. The Labute approximate surface area is 159 Å². The molecule has 0 unspecified atom stereocenters. The Morgan fingerprint density at radius 3 is 2.72 bits per heavy atom. The summed E-state index contributed by atoms with van der Waals surface area (Å²) in [5.41, 5.74) is 2.77. The van der Waals surface area contributed by atoms with Gasteiger partial charge in [-0.3, -0.25) is 4.79 Å². The zero-order valence-electron chi connectivity index (χ0n) is 13.7. The predicted octanol–water partition coefficient (Wildman–Crippen LogP) is 4.97. The second kappa shape index (κ2) is 8.27. The van der Waals surface area contributed by atoms with Gasteiger partial charge in [0.25, 0.3) is 0 Å². The molecule has 0 atom stereocenters. The number of rotatable bonds is 6. The molecule has 0 saturated heterocycles. The molecule has 0 aliphatic rings. The van der Waals surface area contributed by atoms with Crippen molar-refractivity contribution in [1.29, 1.82) is 0 Å². The number of nitrogens with one attached hydrogen (secondary N) is 1. The van der Waals surface area contributed by atoms with Crippen LogP contribution in [0.1, 0.15) is 16.3 Å². The Balaban J connectivity index is 1.53. The van der Waals surface area contributed by atoms with Crippen LogP contribution in [0.5, 0.6) is 5.75 Å². The van der Waals surface area contributed by atoms with Crippen LogP contribution in [0.15, 0.2) is 58.4 Å². The molecule has 128 valence electrons. The first-order valence-corrected chi connectivity index (χ1v) is 9.44. The largest absolute Gasteiger partial charge is 0.486 e. The minimum absolute atomic E-state index is 0.0727. The van der Waals surface area contributed by atoms with Crippen molar-refractivity contribution in [2.75, 3.05) is 5.32 Å². The van der Waals surface area contributed by atoms with Gasteiger partial charge in [-0.1, -0.05) is 29.8 Å². The van der Waals surface area contributed by atoms with Crippen LogP contribution in [0.25, 0.3) is 0 Å². The molecule has 1 heterocycles. The van der Waals surface area contributed by atoms with Crippen LogP contribution in [0.4, 0.5) is 5.69 Å². The number of hydrogen-bond donors (Lipinski definition) is 1. The lowest BCUT2D eigenvalue weighted by Crippen LogP contribution is -2.14. The predicted molar refractivity (Wildman–Crippen MR) is 104 cm³/mol. The van der Waals surface area contributed by atoms with Crippen LogP contribution in [0.3, 0.4) is 0 Å². The van der Waals surface area contributed by atoms with Crippen molar-refractivity contribution >= 4 is 38.9 Å². The maximum Gasteiger partial charge on any atom is 0.231 e. The number of benzene rings is 2. The van der Waals surface area contributed by atoms with Crippen molar-refractivity contribution in [3.63, 3.8) is 0 Å². The number of para-hydroxylation sites is 1. The van der Waals surface area contributed by atoms with Gasteiger partial charge < -0.3 is 10.1 Å². The average molecular weight is 417 g/mol. The highest BCUT2D eigenvalue weighted by molar-refractivity contribution is 9.10. The number of ether oxygens (including phenoxy) is 1. The van der Waals surface area contributed by atoms with Crippen LogP contribution in [-0.4, -0.2) is 10.9 Å². The highest BCUT2D eigenvalue weighted by Gasteiger charge is 2.09. The van der Waals surface area contributed by atoms with Crippen molar-refractivity contribution in [3.05, 3.63) is 74.6 Å². The quantitative estimate of drug-likeness (QED) is 0.616. The van der Waals surface area contributed by atoms with Gasteiger partial charge in [0.1, 0.15) is 17.4 Å². The topological polar surface area (TPSA) is 51.2 Å². The third-order valence-electron chi connectivity index (χ3n) is 3.46. The Morgan fingerprint density at radius 1 is 1.20 bits per heavy atom. The number of carbonyl (C=O) groups excluding carboxylic acids is 1. The molecule has 6 heteroatoms. The summed E-state index contributed by atoms with van der Waals surface area (Å²) in [7, 11) is 0. The number of aromatic nitrogens is 1. The van der Waals surface area contributed by atoms with E-state index < -0.39 is 0 Å². The monoisotopic (exact) mass is 416 g/mol. The molecule has 4 nitrogen and oxygen atoms in total. The van der Waals surface area contributed by atoms with Crippen molar-refractivity contribution < 1.29 is 9.53 Å². The van der Waals surface area contributed by atoms with E-state index >= 15 is 0 Å². The summed E-state index contributed by atoms with van der Waals surface area (Å²) < 4.78 is 6.65. The molecule has 1 aromatic heterocycles. The number of aryl methyl sites for hydroxylation is 1. The van der Waals surface area contributed by atoms with Gasteiger partial charge >= 0.3 is 0 Å². The molecule has 0 aliphatic carbocycles. The summed E-state index contributed by atoms with van der Waals surface area (Å²) in [5, 5.41) is 5.58. The summed E-state index contributed by atoms with van der Waals surface area (Å²) in [6.07, 6.45) is 0.258. The van der Waals surface area contributed by atoms with Gasteiger partial charge in [-0.2, -0.15) is 0 Å². The van der Waals surface area contributed by atoms with Gasteiger partial charge in [-0.25, -0.2) is 4.98 Å². The molecule has 0 bridgehead atoms. The Morgan fingerprint density at radius 2 is 1.96 bits per heavy atom. The highest BCUT2D eigenvalue weighted by Crippen LogP contribution is 2.25. The third kappa shape index (κ3) is 5.14. The van der Waals surface area contributed by atoms with Gasteiger partial charge in [0, 0.05) is 11.1 Å². The van der Waals surface area contributed by atoms with E-state index in [2.05, 4.69) is 26.2 Å². The first-order chi connectivity index (χ1) is 12.1. The van der Waals surface area contributed by atoms with Crippen LogP contribution in [0.2, 0.25) is 0 Å². The lowest BCUT2D eigenvalue weighted by Gasteiger charge is -2.06. The molecule has 25 heavy (non-hydrogen) atoms. The van der Waals surface area contributed by atoms with Crippen molar-refractivity contribution in [1.82, 2.24) is 4.98 Å². The molecule has 3 rings (SSSR count). The summed E-state index contributed by atoms with van der Waals surface area (Å²) >= 11 is 4.91. The van der Waals surface area contributed by atoms with E-state index in [1.807, 2.05) is 60.8 Å². The fourth-order valence-electron chi connectivity index (χ4n) is 2.19. The standard InChI is InChI=1S/C19H17BrN2O2S/c1-13-6-8-14(9-7-13)21-18(23)10-19-22-15(12-25-19)11-24-17-5-3-2-4-16(17)20/h2-9,12H,10-11H2,1H3,(H,21,23). The highest BCUT2D eigenvalue weighted by atomic mass is 79.9. The molecular formula is C19H17BrN2O2S. The molecule has 1 amide bonds. The third-order valence-corrected chi connectivity index (χ3v) is 5.01. The number of thiazole rings is 1. The van der Waals surface area contributed by atoms with E-state index in [4.69, 9.17) is 4.74 Å². The van der Waals surface area contributed by atoms with E-state index in [0.717, 1.165) is 32.2 Å². The lowest BCUT2D eigenvalue weighted by atomic mass is 10.2. The second-order valence-corrected chi connectivity index (χ2v) is 7.34. The zero-order chi connectivity index (χ0) is 17.6. The average Bonchev–Trinajstić information content (AvgIpc) is 3.03. The number of amides is 1. The van der Waals surface area contributed by atoms with E-state index in [9.17, 15) is 4.79 Å². The normalized spacial score (nSPS) is 10.5. The van der Waals surface area contributed by atoms with Crippen molar-refractivity contribution in [2.45, 2.75) is 20.0 Å². The lowest BCUT2D eigenvalue weighted by molar-refractivity contribution is -0.115. The SMILES string of the molecule is Cc1ccc(NC(=O)Cc2nc(COc3ccccc3Br)cs2)cc1. The van der Waals surface area contributed by atoms with E-state index in [-0.39, 0.29) is 12.3 Å². The molecule has 0 spiro atoms. The van der Waals surface area contributed by atoms with Crippen LogP contribution < -0.4 is 10.1 Å². The molecule has 2 aromatic carbocycles. The zero-order valence-corrected chi connectivity index (χ0v) is 16.1. The maximum absolute atomic E-state index is 12.1. The van der Waals surface area contributed by atoms with E-state index in [0.29, 0.717) is 6.61 Å². The number of nitrogens with zero attached hydrogens (tertiary/aromatic N) is 1. The molecule has 3 aromatic rings. The second-order valence-electron chi connectivity index (χ2n) is 5.54. The summed E-state index contributed by atoms with van der Waals surface area (Å²) in [5.74, 6) is 0.700. The molecule has 0 fully saturated rings. The summed E-state index contributed by atoms with van der Waals surface area (Å²) in [6.45, 7) is 2.39. The minimum atomic E-state index is -0.0727. The fraction of sp³-hybridized carbons (Fsp3) is 0.158. The molecule has 1 N–H and O–H groups in total. The first-order valence-electron chi connectivity index (χ1n) is 7.77. The van der Waals surface area contributed by atoms with Crippen molar-refractivity contribution in [3.8, 4) is 5.75 Å². The van der Waals surface area contributed by atoms with Gasteiger partial charge in [-0.15, -0.1) is 11.3 Å². The van der Waals surface area contributed by atoms with E-state index in [1.54, 1.807) is 0 Å². The molecule has 0 radical (unpaired) electrons. The van der Waals surface area contributed by atoms with Crippen LogP contribution in [-0.2, 0) is 17.8 Å². The number of hydrogen-bond acceptors (Lipinski definition) is 4. The van der Waals surface area contributed by atoms with Crippen LogP contribution >= 0.6 is 27.3 Å². The maximum atomic E-state index is 12.1. The van der Waals surface area contributed by atoms with Gasteiger partial charge in [0.05, 0.1) is 16.6 Å². The minimum Gasteiger partial charge on any atom is -0.486 e. The van der Waals surface area contributed by atoms with Crippen LogP contribution in [0, 0.1) is 6.92 Å². The van der Waals surface area contributed by atoms with E-state index in [1.165, 1.54) is 11.3 Å². The molecular weight excluding hydrogens is 400 g/mol. The smallest absolute Gasteiger partial charge is 0.231 e. The first kappa shape index (κ1) is 17.6. The van der Waals surface area contributed by atoms with Gasteiger partial charge in [0.15, 0.2) is 0 Å².